The molecule has 142 valence electrons. The van der Waals surface area contributed by atoms with Gasteiger partial charge in [0.1, 0.15) is 34.8 Å². The van der Waals surface area contributed by atoms with Crippen LogP contribution in [0, 0.1) is 5.41 Å². The number of nitrogens with two attached hydrogens (primary N) is 1. The van der Waals surface area contributed by atoms with Gasteiger partial charge < -0.3 is 26.0 Å². The summed E-state index contributed by atoms with van der Waals surface area (Å²) in [6.07, 6.45) is 5.85. The third-order valence-corrected chi connectivity index (χ3v) is 4.07. The molecule has 27 heavy (non-hydrogen) atoms. The van der Waals surface area contributed by atoms with Crippen molar-refractivity contribution >= 4 is 23.6 Å². The van der Waals surface area contributed by atoms with Gasteiger partial charge in [0.15, 0.2) is 5.83 Å². The Morgan fingerprint density at radius 2 is 2.37 bits per heavy atom. The number of ether oxygens (including phenoxy) is 1. The number of likely N-dealkylation sites (tertiary alicyclic amines) is 1. The Labute approximate surface area is 155 Å². The number of amidine groups is 1. The molecule has 0 spiro atoms. The van der Waals surface area contributed by atoms with Crippen molar-refractivity contribution in [2.45, 2.75) is 12.5 Å². The molecule has 5 N–H and O–H groups in total. The van der Waals surface area contributed by atoms with Gasteiger partial charge in [-0.05, 0) is 13.5 Å². The zero-order valence-corrected chi connectivity index (χ0v) is 14.7. The Hall–Kier alpha value is -3.27. The molecule has 0 radical (unpaired) electrons. The van der Waals surface area contributed by atoms with E-state index in [0.29, 0.717) is 11.4 Å². The van der Waals surface area contributed by atoms with E-state index in [4.69, 9.17) is 15.9 Å². The second-order valence-electron chi connectivity index (χ2n) is 6.19. The van der Waals surface area contributed by atoms with E-state index in [9.17, 15) is 9.18 Å². The number of aliphatic imine (C=N–C) groups is 1. The van der Waals surface area contributed by atoms with Crippen LogP contribution in [-0.4, -0.2) is 54.1 Å². The van der Waals surface area contributed by atoms with Crippen LogP contribution in [0.1, 0.15) is 6.42 Å². The lowest BCUT2D eigenvalue weighted by atomic mass is 10.2. The number of amides is 1. The molecule has 1 aromatic rings. The molecule has 0 unspecified atom stereocenters. The van der Waals surface area contributed by atoms with Crippen molar-refractivity contribution in [3.8, 4) is 5.75 Å². The lowest BCUT2D eigenvalue weighted by Gasteiger charge is -2.18. The maximum atomic E-state index is 13.1. The number of hydrogen-bond acceptors (Lipinski definition) is 7. The van der Waals surface area contributed by atoms with Crippen molar-refractivity contribution in [1.29, 1.82) is 5.41 Å². The number of rotatable bonds is 5. The van der Waals surface area contributed by atoms with Gasteiger partial charge in [-0.3, -0.25) is 15.2 Å². The fourth-order valence-corrected chi connectivity index (χ4v) is 2.77. The van der Waals surface area contributed by atoms with Crippen LogP contribution in [0.15, 0.2) is 46.9 Å². The number of likely N-dealkylation sites (N-methyl/N-ethyl adjacent to an activating group) is 1. The molecule has 1 amide bonds. The largest absolute Gasteiger partial charge is 0.487 e. The minimum absolute atomic E-state index is 0.0106. The van der Waals surface area contributed by atoms with Crippen molar-refractivity contribution in [3.05, 3.63) is 41.9 Å². The van der Waals surface area contributed by atoms with Gasteiger partial charge in [-0.1, -0.05) is 0 Å². The topological polar surface area (TPSA) is 129 Å². The molecule has 0 bridgehead atoms. The standard InChI is InChI=1S/C17H20FN7O2/c1-25-5-3-11(9-25)27-13-2-4-21-8-12(13)24-17(26)14(15(19)20)16-22-6-10(18)7-23-16/h2,4,6-8,11,22H,3,5,9H2,1H3,(H3,19,20)(H,24,26)/b16-14-/t11-/m0/s1. The molecule has 1 fully saturated rings. The smallest absolute Gasteiger partial charge is 0.263 e. The molecule has 0 saturated carbocycles. The summed E-state index contributed by atoms with van der Waals surface area (Å²) in [4.78, 5) is 22.6. The molecule has 2 aliphatic rings. The van der Waals surface area contributed by atoms with Crippen molar-refractivity contribution in [3.63, 3.8) is 0 Å². The van der Waals surface area contributed by atoms with E-state index in [1.165, 1.54) is 6.20 Å². The first-order valence-corrected chi connectivity index (χ1v) is 8.29. The van der Waals surface area contributed by atoms with Crippen LogP contribution in [-0.2, 0) is 4.79 Å². The number of carbonyl (C=O) groups is 1. The molecule has 2 aliphatic heterocycles. The molecule has 1 atom stereocenters. The summed E-state index contributed by atoms with van der Waals surface area (Å²) < 4.78 is 19.0. The van der Waals surface area contributed by atoms with Gasteiger partial charge in [0.05, 0.1) is 12.4 Å². The van der Waals surface area contributed by atoms with Crippen molar-refractivity contribution < 1.29 is 13.9 Å². The Balaban J connectivity index is 1.80. The van der Waals surface area contributed by atoms with Crippen molar-refractivity contribution in [1.82, 2.24) is 15.2 Å². The van der Waals surface area contributed by atoms with Crippen LogP contribution in [0.25, 0.3) is 0 Å². The van der Waals surface area contributed by atoms with Gasteiger partial charge >= 0.3 is 0 Å². The van der Waals surface area contributed by atoms with Gasteiger partial charge in [0.25, 0.3) is 5.91 Å². The van der Waals surface area contributed by atoms with E-state index in [1.807, 2.05) is 7.05 Å². The molecule has 0 aromatic carbocycles. The van der Waals surface area contributed by atoms with Crippen LogP contribution in [0.2, 0.25) is 0 Å². The number of halogens is 1. The molecule has 1 aromatic heterocycles. The molecule has 1 saturated heterocycles. The predicted molar refractivity (Wildman–Crippen MR) is 99.2 cm³/mol. The second kappa shape index (κ2) is 7.96. The first-order valence-electron chi connectivity index (χ1n) is 8.29. The van der Waals surface area contributed by atoms with Crippen molar-refractivity contribution in [2.24, 2.45) is 10.7 Å². The molecule has 3 rings (SSSR count). The van der Waals surface area contributed by atoms with Gasteiger partial charge in [-0.15, -0.1) is 0 Å². The Kier molecular flexibility index (Phi) is 5.46. The summed E-state index contributed by atoms with van der Waals surface area (Å²) in [7, 11) is 2.01. The van der Waals surface area contributed by atoms with E-state index < -0.39 is 17.6 Å². The minimum Gasteiger partial charge on any atom is -0.487 e. The Bertz CT molecular complexity index is 849. The number of pyridine rings is 1. The zero-order chi connectivity index (χ0) is 19.4. The number of carbonyl (C=O) groups excluding carboxylic acids is 1. The van der Waals surface area contributed by atoms with Gasteiger partial charge in [-0.2, -0.15) is 0 Å². The van der Waals surface area contributed by atoms with Crippen molar-refractivity contribution in [2.75, 3.05) is 25.5 Å². The summed E-state index contributed by atoms with van der Waals surface area (Å²) in [5.74, 6) is -1.35. The highest BCUT2D eigenvalue weighted by Gasteiger charge is 2.24. The normalized spacial score (nSPS) is 21.3. The fourth-order valence-electron chi connectivity index (χ4n) is 2.77. The zero-order valence-electron chi connectivity index (χ0n) is 14.7. The second-order valence-corrected chi connectivity index (χ2v) is 6.19. The third kappa shape index (κ3) is 4.47. The van der Waals surface area contributed by atoms with Gasteiger partial charge in [0, 0.05) is 31.6 Å². The number of nitrogens with zero attached hydrogens (tertiary/aromatic N) is 3. The van der Waals surface area contributed by atoms with E-state index in [0.717, 1.165) is 31.9 Å². The maximum Gasteiger partial charge on any atom is 0.263 e. The lowest BCUT2D eigenvalue weighted by molar-refractivity contribution is -0.112. The van der Waals surface area contributed by atoms with E-state index in [2.05, 4.69) is 25.5 Å². The van der Waals surface area contributed by atoms with E-state index in [1.54, 1.807) is 12.3 Å². The maximum absolute atomic E-state index is 13.1. The quantitative estimate of drug-likeness (QED) is 0.342. The number of hydrogen-bond donors (Lipinski definition) is 4. The van der Waals surface area contributed by atoms with Crippen LogP contribution >= 0.6 is 0 Å². The van der Waals surface area contributed by atoms with Gasteiger partial charge in [-0.25, -0.2) is 9.38 Å². The minimum atomic E-state index is -0.681. The van der Waals surface area contributed by atoms with Gasteiger partial charge in [0.2, 0.25) is 0 Å². The lowest BCUT2D eigenvalue weighted by Crippen LogP contribution is -2.30. The molecular formula is C17H20FN7O2. The van der Waals surface area contributed by atoms with E-state index in [-0.39, 0.29) is 17.5 Å². The predicted octanol–water partition coefficient (Wildman–Crippen LogP) is 0.735. The fraction of sp³-hybridized carbons (Fsp3) is 0.294. The molecular weight excluding hydrogens is 353 g/mol. The average Bonchev–Trinajstić information content (AvgIpc) is 3.03. The third-order valence-electron chi connectivity index (χ3n) is 4.07. The number of nitrogens with one attached hydrogen (secondary N) is 3. The SMILES string of the molecule is CN1CC[C@H](Oc2ccncc2NC(=O)/C(C(=N)N)=C2\N=CC(F)=CN2)C1. The highest BCUT2D eigenvalue weighted by molar-refractivity contribution is 6.24. The summed E-state index contributed by atoms with van der Waals surface area (Å²) in [5.41, 5.74) is 5.65. The number of anilines is 1. The van der Waals surface area contributed by atoms with Crippen LogP contribution in [0.5, 0.6) is 5.75 Å². The molecule has 3 heterocycles. The van der Waals surface area contributed by atoms with Crippen LogP contribution in [0.3, 0.4) is 0 Å². The van der Waals surface area contributed by atoms with Crippen LogP contribution in [0.4, 0.5) is 10.1 Å². The highest BCUT2D eigenvalue weighted by atomic mass is 19.1. The molecule has 0 aliphatic carbocycles. The monoisotopic (exact) mass is 373 g/mol. The Morgan fingerprint density at radius 1 is 1.56 bits per heavy atom. The molecule has 10 heteroatoms. The summed E-state index contributed by atoms with van der Waals surface area (Å²) in [5, 5.41) is 12.8. The highest BCUT2D eigenvalue weighted by Crippen LogP contribution is 2.26. The van der Waals surface area contributed by atoms with Crippen LogP contribution < -0.4 is 21.1 Å². The summed E-state index contributed by atoms with van der Waals surface area (Å²) >= 11 is 0. The molecule has 9 nitrogen and oxygen atoms in total. The van der Waals surface area contributed by atoms with E-state index >= 15 is 0 Å². The Morgan fingerprint density at radius 3 is 3.00 bits per heavy atom. The average molecular weight is 373 g/mol. The first kappa shape index (κ1) is 18.5. The number of aromatic nitrogens is 1. The summed E-state index contributed by atoms with van der Waals surface area (Å²) in [6.45, 7) is 1.72. The first-order chi connectivity index (χ1) is 12.9. The number of allylic oxidation sites excluding steroid dienone is 1. The summed E-state index contributed by atoms with van der Waals surface area (Å²) in [6, 6.07) is 1.66.